The smallest absolute Gasteiger partial charge is 0.295 e. The van der Waals surface area contributed by atoms with Crippen molar-refractivity contribution in [2.75, 3.05) is 19.0 Å². The average Bonchev–Trinajstić information content (AvgIpc) is 3.71. The summed E-state index contributed by atoms with van der Waals surface area (Å²) in [5, 5.41) is 18.7. The van der Waals surface area contributed by atoms with E-state index < -0.39 is 10.5 Å². The Morgan fingerprint density at radius 3 is 2.60 bits per heavy atom. The molecule has 232 valence electrons. The first-order chi connectivity index (χ1) is 21.8. The third-order valence-corrected chi connectivity index (χ3v) is 8.89. The van der Waals surface area contributed by atoms with E-state index in [2.05, 4.69) is 20.6 Å². The van der Waals surface area contributed by atoms with Crippen LogP contribution in [0.5, 0.6) is 5.75 Å². The maximum absolute atomic E-state index is 14.3. The van der Waals surface area contributed by atoms with Crippen LogP contribution >= 0.6 is 0 Å². The third kappa shape index (κ3) is 6.24. The number of hydrogen-bond donors (Lipinski definition) is 3. The van der Waals surface area contributed by atoms with Crippen LogP contribution in [-0.4, -0.2) is 45.0 Å². The number of non-ortho nitro benzene ring substituents is 1. The number of benzene rings is 2. The van der Waals surface area contributed by atoms with Gasteiger partial charge in [-0.05, 0) is 55.7 Å². The summed E-state index contributed by atoms with van der Waals surface area (Å²) in [5.74, 6) is 0.504. The van der Waals surface area contributed by atoms with Crippen LogP contribution in [0.25, 0.3) is 22.2 Å². The first-order valence-electron chi connectivity index (χ1n) is 15.1. The van der Waals surface area contributed by atoms with E-state index in [1.807, 2.05) is 49.5 Å². The summed E-state index contributed by atoms with van der Waals surface area (Å²) >= 11 is 0. The van der Waals surface area contributed by atoms with Crippen molar-refractivity contribution < 1.29 is 18.9 Å². The number of ether oxygens (including phenoxy) is 1. The summed E-state index contributed by atoms with van der Waals surface area (Å²) in [6.07, 6.45) is 10.6. The molecule has 1 unspecified atom stereocenters. The second-order valence-electron chi connectivity index (χ2n) is 11.9. The maximum atomic E-state index is 14.3. The van der Waals surface area contributed by atoms with E-state index in [9.17, 15) is 14.9 Å². The molecule has 1 aliphatic rings. The summed E-state index contributed by atoms with van der Waals surface area (Å²) in [5.41, 5.74) is 2.62. The van der Waals surface area contributed by atoms with E-state index in [0.29, 0.717) is 30.0 Å². The number of carbonyl (C=O) groups is 1. The Labute approximate surface area is 260 Å². The second kappa shape index (κ2) is 12.4. The van der Waals surface area contributed by atoms with Gasteiger partial charge in [0.15, 0.2) is 0 Å². The molecule has 0 spiro atoms. The number of amides is 1. The molecule has 6 rings (SSSR count). The Kier molecular flexibility index (Phi) is 8.25. The molecule has 11 nitrogen and oxygen atoms in total. The van der Waals surface area contributed by atoms with Crippen molar-refractivity contribution in [2.45, 2.75) is 56.4 Å². The number of fused-ring (bicyclic) bond motifs is 1. The molecule has 11 heteroatoms. The van der Waals surface area contributed by atoms with E-state index in [0.717, 1.165) is 54.3 Å². The number of anilines is 1. The van der Waals surface area contributed by atoms with Crippen LogP contribution in [0.1, 0.15) is 50.3 Å². The predicted molar refractivity (Wildman–Crippen MR) is 171 cm³/mol. The normalized spacial score (nSPS) is 15.7. The number of nitrogens with one attached hydrogen (secondary N) is 3. The predicted octanol–water partition coefficient (Wildman–Crippen LogP) is 6.57. The molecule has 1 aliphatic carbocycles. The average molecular weight is 609 g/mol. The number of pyridine rings is 1. The van der Waals surface area contributed by atoms with Crippen LogP contribution in [0, 0.1) is 10.1 Å². The molecule has 45 heavy (non-hydrogen) atoms. The van der Waals surface area contributed by atoms with E-state index in [4.69, 9.17) is 14.1 Å². The highest BCUT2D eigenvalue weighted by Gasteiger charge is 2.40. The van der Waals surface area contributed by atoms with Crippen LogP contribution in [0.2, 0.25) is 0 Å². The second-order valence-corrected chi connectivity index (χ2v) is 11.9. The molecule has 0 saturated heterocycles. The van der Waals surface area contributed by atoms with Gasteiger partial charge in [0.25, 0.3) is 11.7 Å². The zero-order valence-electron chi connectivity index (χ0n) is 25.3. The van der Waals surface area contributed by atoms with Crippen molar-refractivity contribution in [3.8, 4) is 17.0 Å². The molecular formula is C34H36N6O5. The largest absolute Gasteiger partial charge is 0.495 e. The molecule has 1 amide bonds. The van der Waals surface area contributed by atoms with Gasteiger partial charge in [-0.25, -0.2) is 0 Å². The lowest BCUT2D eigenvalue weighted by Crippen LogP contribution is -2.55. The van der Waals surface area contributed by atoms with Gasteiger partial charge in [-0.1, -0.05) is 37.5 Å². The third-order valence-electron chi connectivity index (χ3n) is 8.89. The van der Waals surface area contributed by atoms with Crippen molar-refractivity contribution in [1.29, 1.82) is 0 Å². The number of rotatable bonds is 11. The Balaban J connectivity index is 1.28. The van der Waals surface area contributed by atoms with Crippen LogP contribution in [-0.2, 0) is 16.6 Å². The lowest BCUT2D eigenvalue weighted by Gasteiger charge is -2.38. The SMILES string of the molecule is COc1ccc(C2(CNC(=O)C(C)(Cc3c[nH]c4ccccc34)Nc3nc(-c4ccc([N+](=O)[O-])cc4)co3)CCCCC2)nc1. The molecule has 0 aliphatic heterocycles. The molecule has 2 aromatic carbocycles. The van der Waals surface area contributed by atoms with Gasteiger partial charge in [0.2, 0.25) is 5.91 Å². The molecule has 1 saturated carbocycles. The van der Waals surface area contributed by atoms with Gasteiger partial charge < -0.3 is 24.8 Å². The highest BCUT2D eigenvalue weighted by Crippen LogP contribution is 2.39. The van der Waals surface area contributed by atoms with Gasteiger partial charge in [-0.2, -0.15) is 4.98 Å². The molecule has 3 heterocycles. The highest BCUT2D eigenvalue weighted by molar-refractivity contribution is 5.91. The number of hydrogen-bond acceptors (Lipinski definition) is 8. The van der Waals surface area contributed by atoms with Crippen LogP contribution in [0.4, 0.5) is 11.7 Å². The topological polar surface area (TPSA) is 148 Å². The van der Waals surface area contributed by atoms with Crippen LogP contribution < -0.4 is 15.4 Å². The van der Waals surface area contributed by atoms with Crippen molar-refractivity contribution in [3.63, 3.8) is 0 Å². The summed E-state index contributed by atoms with van der Waals surface area (Å²) in [7, 11) is 1.62. The standard InChI is InChI=1S/C34H36N6O5/c1-33(18-24-19-35-28-9-5-4-8-27(24)28,39-32-38-29(21-45-32)23-10-12-25(13-11-23)40(42)43)31(41)37-22-34(16-6-3-7-17-34)30-15-14-26(44-2)20-36-30/h4-5,8-15,19-21,35H,3,6-7,16-18,22H2,1-2H3,(H,37,41)(H,38,39). The number of nitro groups is 1. The number of H-pyrrole nitrogens is 1. The number of methoxy groups -OCH3 is 1. The van der Waals surface area contributed by atoms with Gasteiger partial charge in [0.1, 0.15) is 23.2 Å². The molecular weight excluding hydrogens is 572 g/mol. The van der Waals surface area contributed by atoms with E-state index in [1.54, 1.807) is 25.4 Å². The fraction of sp³-hybridized carbons (Fsp3) is 0.324. The molecule has 1 atom stereocenters. The Morgan fingerprint density at radius 1 is 1.11 bits per heavy atom. The molecule has 0 radical (unpaired) electrons. The highest BCUT2D eigenvalue weighted by atomic mass is 16.6. The first kappa shape index (κ1) is 29.9. The molecule has 0 bridgehead atoms. The first-order valence-corrected chi connectivity index (χ1v) is 15.1. The fourth-order valence-electron chi connectivity index (χ4n) is 6.31. The van der Waals surface area contributed by atoms with E-state index in [-0.39, 0.29) is 23.0 Å². The van der Waals surface area contributed by atoms with Crippen LogP contribution in [0.3, 0.4) is 0 Å². The molecule has 3 aromatic heterocycles. The monoisotopic (exact) mass is 608 g/mol. The van der Waals surface area contributed by atoms with Crippen molar-refractivity contribution >= 4 is 28.5 Å². The number of aromatic amines is 1. The minimum Gasteiger partial charge on any atom is -0.495 e. The van der Waals surface area contributed by atoms with Gasteiger partial charge in [-0.15, -0.1) is 0 Å². The zero-order valence-corrected chi connectivity index (χ0v) is 25.3. The van der Waals surface area contributed by atoms with Gasteiger partial charge in [0, 0.05) is 58.9 Å². The molecule has 3 N–H and O–H groups in total. The summed E-state index contributed by atoms with van der Waals surface area (Å²) < 4.78 is 11.1. The number of oxazole rings is 1. The van der Waals surface area contributed by atoms with E-state index >= 15 is 0 Å². The summed E-state index contributed by atoms with van der Waals surface area (Å²) in [6.45, 7) is 2.29. The van der Waals surface area contributed by atoms with Gasteiger partial charge in [0.05, 0.1) is 18.2 Å². The number of nitro benzene ring substituents is 1. The van der Waals surface area contributed by atoms with E-state index in [1.165, 1.54) is 18.4 Å². The van der Waals surface area contributed by atoms with Gasteiger partial charge >= 0.3 is 0 Å². The Hall–Kier alpha value is -5.19. The number of aromatic nitrogens is 3. The minimum absolute atomic E-state index is 0.0100. The minimum atomic E-state index is -1.15. The maximum Gasteiger partial charge on any atom is 0.295 e. The number of nitrogens with zero attached hydrogens (tertiary/aromatic N) is 3. The quantitative estimate of drug-likeness (QED) is 0.113. The molecule has 1 fully saturated rings. The lowest BCUT2D eigenvalue weighted by molar-refractivity contribution is -0.384. The number of para-hydroxylation sites is 1. The van der Waals surface area contributed by atoms with Crippen LogP contribution in [0.15, 0.2) is 83.7 Å². The van der Waals surface area contributed by atoms with Crippen molar-refractivity contribution in [1.82, 2.24) is 20.3 Å². The Bertz CT molecular complexity index is 1790. The van der Waals surface area contributed by atoms with Crippen molar-refractivity contribution in [3.05, 3.63) is 101 Å². The summed E-state index contributed by atoms with van der Waals surface area (Å²) in [6, 6.07) is 18.2. The van der Waals surface area contributed by atoms with Gasteiger partial charge in [-0.3, -0.25) is 19.9 Å². The number of carbonyl (C=O) groups excluding carboxylic acids is 1. The lowest BCUT2D eigenvalue weighted by atomic mass is 9.71. The Morgan fingerprint density at radius 2 is 1.89 bits per heavy atom. The molecule has 5 aromatic rings. The summed E-state index contributed by atoms with van der Waals surface area (Å²) in [4.78, 5) is 37.5. The zero-order chi connectivity index (χ0) is 31.4. The van der Waals surface area contributed by atoms with Crippen molar-refractivity contribution in [2.24, 2.45) is 0 Å². The fourth-order valence-corrected chi connectivity index (χ4v) is 6.31.